The van der Waals surface area contributed by atoms with E-state index in [9.17, 15) is 19.6 Å². The van der Waals surface area contributed by atoms with Crippen LogP contribution in [0.3, 0.4) is 0 Å². The standard InChI is InChI=1S/C8H15N2O8P/c9-5(11)1-2-10-8-7(13)6(12)4(18-8)3-17-19(14,15)16/h1-2,4,6-8,10,12-13H,3H2,(H2,9,11)(H2,14,15,16)/b2-1-. The second-order valence-electron chi connectivity index (χ2n) is 3.77. The van der Waals surface area contributed by atoms with Crippen LogP contribution in [-0.2, 0) is 18.6 Å². The van der Waals surface area contributed by atoms with Gasteiger partial charge in [0.15, 0.2) is 6.23 Å². The van der Waals surface area contributed by atoms with Gasteiger partial charge in [-0.15, -0.1) is 0 Å². The summed E-state index contributed by atoms with van der Waals surface area (Å²) in [7, 11) is -4.69. The lowest BCUT2D eigenvalue weighted by molar-refractivity contribution is -0.113. The summed E-state index contributed by atoms with van der Waals surface area (Å²) < 4.78 is 19.8. The summed E-state index contributed by atoms with van der Waals surface area (Å²) in [5.41, 5.74) is 4.84. The molecule has 0 bridgehead atoms. The van der Waals surface area contributed by atoms with Crippen molar-refractivity contribution in [1.29, 1.82) is 0 Å². The van der Waals surface area contributed by atoms with Crippen LogP contribution in [0.25, 0.3) is 0 Å². The van der Waals surface area contributed by atoms with Gasteiger partial charge in [-0.2, -0.15) is 0 Å². The third-order valence-corrected chi connectivity index (χ3v) is 2.76. The van der Waals surface area contributed by atoms with Crippen molar-refractivity contribution in [3.63, 3.8) is 0 Å². The number of phosphoric acid groups is 1. The molecule has 10 nitrogen and oxygen atoms in total. The van der Waals surface area contributed by atoms with E-state index in [0.29, 0.717) is 0 Å². The number of carbonyl (C=O) groups excluding carboxylic acids is 1. The number of aliphatic hydroxyl groups is 2. The first-order chi connectivity index (χ1) is 8.70. The summed E-state index contributed by atoms with van der Waals surface area (Å²) in [5.74, 6) is -0.720. The summed E-state index contributed by atoms with van der Waals surface area (Å²) in [5, 5.41) is 21.6. The summed E-state index contributed by atoms with van der Waals surface area (Å²) in [6.45, 7) is -0.597. The van der Waals surface area contributed by atoms with E-state index in [-0.39, 0.29) is 0 Å². The predicted molar refractivity (Wildman–Crippen MR) is 60.1 cm³/mol. The summed E-state index contributed by atoms with van der Waals surface area (Å²) in [6, 6.07) is 0. The number of nitrogens with one attached hydrogen (secondary N) is 1. The lowest BCUT2D eigenvalue weighted by Crippen LogP contribution is -2.38. The Hall–Kier alpha value is -1.00. The molecule has 0 aromatic rings. The SMILES string of the molecule is NC(=O)/C=C\NC1OC(COP(=O)(O)O)C(O)C1O. The predicted octanol–water partition coefficient (Wildman–Crippen LogP) is -2.87. The molecule has 1 aliphatic heterocycles. The second-order valence-corrected chi connectivity index (χ2v) is 5.00. The van der Waals surface area contributed by atoms with E-state index in [1.165, 1.54) is 0 Å². The van der Waals surface area contributed by atoms with Crippen LogP contribution in [0.1, 0.15) is 0 Å². The fourth-order valence-electron chi connectivity index (χ4n) is 1.42. The van der Waals surface area contributed by atoms with Gasteiger partial charge in [0, 0.05) is 12.3 Å². The van der Waals surface area contributed by atoms with Crippen molar-refractivity contribution in [2.24, 2.45) is 5.73 Å². The minimum absolute atomic E-state index is 0.597. The molecule has 7 N–H and O–H groups in total. The fraction of sp³-hybridized carbons (Fsp3) is 0.625. The van der Waals surface area contributed by atoms with Crippen molar-refractivity contribution in [3.05, 3.63) is 12.3 Å². The van der Waals surface area contributed by atoms with Gasteiger partial charge in [0.2, 0.25) is 5.91 Å². The molecule has 0 saturated carbocycles. The number of hydrogen-bond donors (Lipinski definition) is 6. The first kappa shape index (κ1) is 16.1. The molecule has 19 heavy (non-hydrogen) atoms. The quantitative estimate of drug-likeness (QED) is 0.222. The van der Waals surface area contributed by atoms with Gasteiger partial charge in [-0.25, -0.2) is 4.57 Å². The normalized spacial score (nSPS) is 31.8. The molecule has 1 aliphatic rings. The van der Waals surface area contributed by atoms with E-state index in [2.05, 4.69) is 9.84 Å². The van der Waals surface area contributed by atoms with Gasteiger partial charge < -0.3 is 35.8 Å². The Morgan fingerprint density at radius 1 is 1.42 bits per heavy atom. The van der Waals surface area contributed by atoms with Gasteiger partial charge in [0.25, 0.3) is 0 Å². The smallest absolute Gasteiger partial charge is 0.387 e. The molecule has 0 spiro atoms. The zero-order valence-electron chi connectivity index (χ0n) is 9.62. The number of phosphoric ester groups is 1. The number of primary amides is 1. The first-order valence-corrected chi connectivity index (χ1v) is 6.67. The first-order valence-electron chi connectivity index (χ1n) is 5.14. The van der Waals surface area contributed by atoms with Crippen molar-refractivity contribution in [2.75, 3.05) is 6.61 Å². The highest BCUT2D eigenvalue weighted by Crippen LogP contribution is 2.37. The van der Waals surface area contributed by atoms with Crippen LogP contribution in [0, 0.1) is 0 Å². The monoisotopic (exact) mass is 298 g/mol. The van der Waals surface area contributed by atoms with Crippen molar-refractivity contribution in [2.45, 2.75) is 24.5 Å². The number of ether oxygens (including phenoxy) is 1. The molecule has 11 heteroatoms. The Morgan fingerprint density at radius 3 is 2.58 bits per heavy atom. The molecular weight excluding hydrogens is 283 g/mol. The van der Waals surface area contributed by atoms with E-state index in [4.69, 9.17) is 20.3 Å². The summed E-state index contributed by atoms with van der Waals surface area (Å²) in [4.78, 5) is 27.5. The van der Waals surface area contributed by atoms with E-state index in [0.717, 1.165) is 12.3 Å². The maximum atomic E-state index is 10.5. The molecule has 4 unspecified atom stereocenters. The molecular formula is C8H15N2O8P. The molecule has 110 valence electrons. The molecule has 0 aliphatic carbocycles. The Kier molecular flexibility index (Phi) is 5.44. The van der Waals surface area contributed by atoms with Gasteiger partial charge in [-0.05, 0) is 0 Å². The zero-order chi connectivity index (χ0) is 14.6. The molecule has 1 saturated heterocycles. The number of rotatable bonds is 6. The number of nitrogens with two attached hydrogens (primary N) is 1. The van der Waals surface area contributed by atoms with Gasteiger partial charge in [0.1, 0.15) is 18.3 Å². The molecule has 1 heterocycles. The number of carbonyl (C=O) groups is 1. The zero-order valence-corrected chi connectivity index (χ0v) is 10.5. The maximum Gasteiger partial charge on any atom is 0.469 e. The Bertz CT molecular complexity index is 396. The van der Waals surface area contributed by atoms with Crippen molar-refractivity contribution < 1.29 is 38.6 Å². The van der Waals surface area contributed by atoms with Crippen molar-refractivity contribution in [1.82, 2.24) is 5.32 Å². The van der Waals surface area contributed by atoms with E-state index < -0.39 is 44.9 Å². The van der Waals surface area contributed by atoms with Crippen LogP contribution in [0.4, 0.5) is 0 Å². The van der Waals surface area contributed by atoms with Crippen LogP contribution >= 0.6 is 7.82 Å². The Balaban J connectivity index is 2.51. The van der Waals surface area contributed by atoms with Crippen LogP contribution < -0.4 is 11.1 Å². The maximum absolute atomic E-state index is 10.5. The number of aliphatic hydroxyl groups excluding tert-OH is 2. The van der Waals surface area contributed by atoms with Crippen LogP contribution in [0.2, 0.25) is 0 Å². The highest BCUT2D eigenvalue weighted by molar-refractivity contribution is 7.46. The lowest BCUT2D eigenvalue weighted by atomic mass is 10.1. The molecule has 0 aromatic heterocycles. The number of amides is 1. The summed E-state index contributed by atoms with van der Waals surface area (Å²) in [6.07, 6.45) is -2.84. The Labute approximate surface area is 108 Å². The van der Waals surface area contributed by atoms with Crippen LogP contribution in [0.5, 0.6) is 0 Å². The second kappa shape index (κ2) is 6.44. The minimum atomic E-state index is -4.69. The fourth-order valence-corrected chi connectivity index (χ4v) is 1.76. The largest absolute Gasteiger partial charge is 0.469 e. The molecule has 1 rings (SSSR count). The van der Waals surface area contributed by atoms with Gasteiger partial charge >= 0.3 is 7.82 Å². The third-order valence-electron chi connectivity index (χ3n) is 2.28. The Morgan fingerprint density at radius 2 is 2.05 bits per heavy atom. The summed E-state index contributed by atoms with van der Waals surface area (Å²) >= 11 is 0. The van der Waals surface area contributed by atoms with Crippen molar-refractivity contribution >= 4 is 13.7 Å². The highest BCUT2D eigenvalue weighted by Gasteiger charge is 2.43. The highest BCUT2D eigenvalue weighted by atomic mass is 31.2. The average Bonchev–Trinajstić information content (AvgIpc) is 2.53. The van der Waals surface area contributed by atoms with Crippen LogP contribution in [0.15, 0.2) is 12.3 Å². The minimum Gasteiger partial charge on any atom is -0.387 e. The van der Waals surface area contributed by atoms with Crippen LogP contribution in [-0.4, -0.2) is 57.1 Å². The third kappa shape index (κ3) is 5.25. The van der Waals surface area contributed by atoms with Crippen molar-refractivity contribution in [3.8, 4) is 0 Å². The lowest BCUT2D eigenvalue weighted by Gasteiger charge is -2.14. The molecule has 0 radical (unpaired) electrons. The van der Waals surface area contributed by atoms with E-state index in [1.807, 2.05) is 0 Å². The van der Waals surface area contributed by atoms with Gasteiger partial charge in [-0.3, -0.25) is 9.32 Å². The molecule has 0 aromatic carbocycles. The molecule has 4 atom stereocenters. The average molecular weight is 298 g/mol. The van der Waals surface area contributed by atoms with E-state index in [1.54, 1.807) is 0 Å². The van der Waals surface area contributed by atoms with E-state index >= 15 is 0 Å². The molecule has 1 amide bonds. The topological polar surface area (TPSA) is 172 Å². The number of hydrogen-bond acceptors (Lipinski definition) is 7. The van der Waals surface area contributed by atoms with Gasteiger partial charge in [-0.1, -0.05) is 0 Å². The molecule has 1 fully saturated rings. The van der Waals surface area contributed by atoms with Gasteiger partial charge in [0.05, 0.1) is 6.61 Å².